The molecule has 0 amide bonds. The first kappa shape index (κ1) is 12.5. The molecule has 1 aromatic carbocycles. The van der Waals surface area contributed by atoms with Gasteiger partial charge in [-0.2, -0.15) is 0 Å². The number of aromatic nitrogens is 1. The average Bonchev–Trinajstić information content (AvgIpc) is 2.69. The third-order valence-corrected chi connectivity index (χ3v) is 2.57. The maximum atomic E-state index is 12.1. The summed E-state index contributed by atoms with van der Waals surface area (Å²) >= 11 is 0. The maximum absolute atomic E-state index is 12.1. The van der Waals surface area contributed by atoms with Crippen LogP contribution in [-0.4, -0.2) is 23.3 Å². The van der Waals surface area contributed by atoms with Crippen molar-refractivity contribution < 1.29 is 9.53 Å². The van der Waals surface area contributed by atoms with Gasteiger partial charge in [-0.05, 0) is 39.0 Å². The first-order valence-electron chi connectivity index (χ1n) is 5.93. The fraction of sp³-hybridized carbons (Fsp3) is 0.357. The van der Waals surface area contributed by atoms with E-state index in [0.29, 0.717) is 0 Å². The third-order valence-electron chi connectivity index (χ3n) is 2.57. The van der Waals surface area contributed by atoms with Gasteiger partial charge in [0.2, 0.25) is 0 Å². The number of nitrogens with one attached hydrogen (secondary N) is 1. The highest BCUT2D eigenvalue weighted by Crippen LogP contribution is 2.21. The van der Waals surface area contributed by atoms with Gasteiger partial charge in [0, 0.05) is 24.3 Å². The molecule has 1 N–H and O–H groups in total. The summed E-state index contributed by atoms with van der Waals surface area (Å²) in [7, 11) is 1.85. The Morgan fingerprint density at radius 2 is 2.00 bits per heavy atom. The van der Waals surface area contributed by atoms with Crippen LogP contribution in [0.15, 0.2) is 30.5 Å². The van der Waals surface area contributed by atoms with E-state index in [1.54, 1.807) is 6.20 Å². The Morgan fingerprint density at radius 1 is 1.28 bits per heavy atom. The van der Waals surface area contributed by atoms with Crippen LogP contribution in [0.25, 0.3) is 10.9 Å². The van der Waals surface area contributed by atoms with Gasteiger partial charge in [-0.15, -0.1) is 0 Å². The van der Waals surface area contributed by atoms with Crippen molar-refractivity contribution in [1.82, 2.24) is 4.57 Å². The number of ether oxygens (including phenoxy) is 1. The molecule has 0 bridgehead atoms. The number of hydrogen-bond acceptors (Lipinski definition) is 3. The van der Waals surface area contributed by atoms with Crippen molar-refractivity contribution in [3.05, 3.63) is 30.5 Å². The first-order valence-corrected chi connectivity index (χ1v) is 5.93. The summed E-state index contributed by atoms with van der Waals surface area (Å²) < 4.78 is 6.90. The molecular formula is C14H18N2O2. The first-order chi connectivity index (χ1) is 8.40. The summed E-state index contributed by atoms with van der Waals surface area (Å²) in [4.78, 5) is 12.1. The molecule has 0 atom stereocenters. The van der Waals surface area contributed by atoms with Crippen molar-refractivity contribution in [1.29, 1.82) is 0 Å². The molecule has 2 aromatic rings. The van der Waals surface area contributed by atoms with Crippen LogP contribution >= 0.6 is 0 Å². The molecule has 0 aliphatic carbocycles. The van der Waals surface area contributed by atoms with Crippen molar-refractivity contribution >= 4 is 22.7 Å². The van der Waals surface area contributed by atoms with Crippen LogP contribution in [0.1, 0.15) is 20.8 Å². The Bertz CT molecular complexity index is 579. The SMILES string of the molecule is CNc1ccc2ccn(C(=O)OC(C)(C)C)c2c1. The molecule has 96 valence electrons. The number of carbonyl (C=O) groups excluding carboxylic acids is 1. The number of benzene rings is 1. The molecule has 0 aliphatic heterocycles. The van der Waals surface area contributed by atoms with Crippen molar-refractivity contribution in [2.45, 2.75) is 26.4 Å². The minimum atomic E-state index is -0.492. The summed E-state index contributed by atoms with van der Waals surface area (Å²) in [6.45, 7) is 5.57. The second kappa shape index (κ2) is 4.37. The van der Waals surface area contributed by atoms with E-state index in [1.165, 1.54) is 4.57 Å². The van der Waals surface area contributed by atoms with E-state index < -0.39 is 5.60 Å². The number of nitrogens with zero attached hydrogens (tertiary/aromatic N) is 1. The van der Waals surface area contributed by atoms with E-state index in [1.807, 2.05) is 52.1 Å². The van der Waals surface area contributed by atoms with Gasteiger partial charge in [0.05, 0.1) is 5.52 Å². The minimum Gasteiger partial charge on any atom is -0.443 e. The monoisotopic (exact) mass is 246 g/mol. The van der Waals surface area contributed by atoms with Gasteiger partial charge in [0.25, 0.3) is 0 Å². The van der Waals surface area contributed by atoms with E-state index in [0.717, 1.165) is 16.6 Å². The van der Waals surface area contributed by atoms with E-state index in [2.05, 4.69) is 5.32 Å². The van der Waals surface area contributed by atoms with Gasteiger partial charge in [0.15, 0.2) is 0 Å². The third kappa shape index (κ3) is 2.47. The zero-order valence-corrected chi connectivity index (χ0v) is 11.2. The number of fused-ring (bicyclic) bond motifs is 1. The van der Waals surface area contributed by atoms with Crippen LogP contribution in [0, 0.1) is 0 Å². The number of anilines is 1. The quantitative estimate of drug-likeness (QED) is 0.837. The van der Waals surface area contributed by atoms with Crippen LogP contribution < -0.4 is 5.32 Å². The Hall–Kier alpha value is -1.97. The molecule has 2 rings (SSSR count). The summed E-state index contributed by atoms with van der Waals surface area (Å²) in [5, 5.41) is 4.07. The molecule has 18 heavy (non-hydrogen) atoms. The fourth-order valence-corrected chi connectivity index (χ4v) is 1.75. The topological polar surface area (TPSA) is 43.3 Å². The van der Waals surface area contributed by atoms with Gasteiger partial charge in [-0.3, -0.25) is 4.57 Å². The molecule has 0 saturated heterocycles. The zero-order valence-electron chi connectivity index (χ0n) is 11.2. The lowest BCUT2D eigenvalue weighted by molar-refractivity contribution is 0.0544. The van der Waals surface area contributed by atoms with Crippen LogP contribution in [0.3, 0.4) is 0 Å². The van der Waals surface area contributed by atoms with Crippen LogP contribution in [0.4, 0.5) is 10.5 Å². The second-order valence-electron chi connectivity index (χ2n) is 5.19. The molecule has 0 aliphatic rings. The van der Waals surface area contributed by atoms with Gasteiger partial charge in [-0.1, -0.05) is 6.07 Å². The lowest BCUT2D eigenvalue weighted by atomic mass is 10.2. The van der Waals surface area contributed by atoms with Crippen LogP contribution in [0.2, 0.25) is 0 Å². The normalized spacial score (nSPS) is 11.6. The maximum Gasteiger partial charge on any atom is 0.418 e. The van der Waals surface area contributed by atoms with E-state index in [-0.39, 0.29) is 6.09 Å². The molecule has 0 saturated carbocycles. The van der Waals surface area contributed by atoms with E-state index in [9.17, 15) is 4.79 Å². The highest BCUT2D eigenvalue weighted by molar-refractivity contribution is 5.91. The predicted octanol–water partition coefficient (Wildman–Crippen LogP) is 3.47. The molecular weight excluding hydrogens is 228 g/mol. The summed E-state index contributed by atoms with van der Waals surface area (Å²) in [5.74, 6) is 0. The fourth-order valence-electron chi connectivity index (χ4n) is 1.75. The van der Waals surface area contributed by atoms with E-state index in [4.69, 9.17) is 4.74 Å². The average molecular weight is 246 g/mol. The summed E-state index contributed by atoms with van der Waals surface area (Å²) in [5.41, 5.74) is 1.32. The lowest BCUT2D eigenvalue weighted by Crippen LogP contribution is -2.26. The Labute approximate surface area is 107 Å². The molecule has 1 aromatic heterocycles. The number of carbonyl (C=O) groups is 1. The van der Waals surface area contributed by atoms with Crippen molar-refractivity contribution in [2.24, 2.45) is 0 Å². The number of rotatable bonds is 1. The lowest BCUT2D eigenvalue weighted by Gasteiger charge is -2.19. The summed E-state index contributed by atoms with van der Waals surface area (Å²) in [6, 6.07) is 7.78. The Morgan fingerprint density at radius 3 is 2.61 bits per heavy atom. The molecule has 0 unspecified atom stereocenters. The highest BCUT2D eigenvalue weighted by Gasteiger charge is 2.18. The smallest absolute Gasteiger partial charge is 0.418 e. The molecule has 4 nitrogen and oxygen atoms in total. The second-order valence-corrected chi connectivity index (χ2v) is 5.19. The predicted molar refractivity (Wildman–Crippen MR) is 73.1 cm³/mol. The van der Waals surface area contributed by atoms with Crippen molar-refractivity contribution in [2.75, 3.05) is 12.4 Å². The molecule has 1 heterocycles. The van der Waals surface area contributed by atoms with Crippen LogP contribution in [-0.2, 0) is 4.74 Å². The van der Waals surface area contributed by atoms with Crippen molar-refractivity contribution in [3.63, 3.8) is 0 Å². The van der Waals surface area contributed by atoms with Gasteiger partial charge in [0.1, 0.15) is 5.60 Å². The molecule has 0 fully saturated rings. The zero-order chi connectivity index (χ0) is 13.3. The molecule has 0 spiro atoms. The minimum absolute atomic E-state index is 0.356. The number of hydrogen-bond donors (Lipinski definition) is 1. The molecule has 4 heteroatoms. The Balaban J connectivity index is 2.42. The van der Waals surface area contributed by atoms with Gasteiger partial charge >= 0.3 is 6.09 Å². The van der Waals surface area contributed by atoms with Gasteiger partial charge in [-0.25, -0.2) is 4.79 Å². The molecule has 0 radical (unpaired) electrons. The standard InChI is InChI=1S/C14H18N2O2/c1-14(2,3)18-13(17)16-8-7-10-5-6-11(15-4)9-12(10)16/h5-9,15H,1-4H3. The largest absolute Gasteiger partial charge is 0.443 e. The Kier molecular flexibility index (Phi) is 3.03. The van der Waals surface area contributed by atoms with Crippen LogP contribution in [0.5, 0.6) is 0 Å². The summed E-state index contributed by atoms with van der Waals surface area (Å²) in [6.07, 6.45) is 1.38. The van der Waals surface area contributed by atoms with Gasteiger partial charge < -0.3 is 10.1 Å². The van der Waals surface area contributed by atoms with Crippen molar-refractivity contribution in [3.8, 4) is 0 Å². The van der Waals surface area contributed by atoms with E-state index >= 15 is 0 Å². The highest BCUT2D eigenvalue weighted by atomic mass is 16.6.